The molecule has 0 aliphatic carbocycles. The highest BCUT2D eigenvalue weighted by atomic mass is 16.5. The van der Waals surface area contributed by atoms with Crippen LogP contribution in [0.3, 0.4) is 0 Å². The first kappa shape index (κ1) is 14.1. The maximum atomic E-state index is 12.0. The van der Waals surface area contributed by atoms with Gasteiger partial charge in [0.05, 0.1) is 0 Å². The predicted octanol–water partition coefficient (Wildman–Crippen LogP) is 1.49. The molecule has 0 radical (unpaired) electrons. The van der Waals surface area contributed by atoms with Crippen molar-refractivity contribution in [1.82, 2.24) is 10.6 Å². The summed E-state index contributed by atoms with van der Waals surface area (Å²) < 4.78 is 5.66. The minimum absolute atomic E-state index is 0.142. The number of benzene rings is 2. The number of hydrogen-bond acceptors (Lipinski definition) is 3. The summed E-state index contributed by atoms with van der Waals surface area (Å²) in [7, 11) is 0. The number of carbonyl (C=O) groups excluding carboxylic acids is 2. The Labute approximate surface area is 128 Å². The van der Waals surface area contributed by atoms with Gasteiger partial charge in [-0.05, 0) is 29.8 Å². The van der Waals surface area contributed by atoms with Crippen molar-refractivity contribution in [2.75, 3.05) is 6.54 Å². The van der Waals surface area contributed by atoms with Gasteiger partial charge in [-0.1, -0.05) is 30.3 Å². The number of β-lactam (4-membered cyclic amide) rings is 1. The quantitative estimate of drug-likeness (QED) is 0.822. The third kappa shape index (κ3) is 3.25. The molecule has 0 saturated carbocycles. The van der Waals surface area contributed by atoms with Gasteiger partial charge in [0.1, 0.15) is 18.4 Å². The van der Waals surface area contributed by atoms with Gasteiger partial charge in [-0.25, -0.2) is 0 Å². The molecule has 1 atom stereocenters. The molecule has 5 nitrogen and oxygen atoms in total. The summed E-state index contributed by atoms with van der Waals surface area (Å²) in [6.45, 7) is 0.970. The third-order valence-electron chi connectivity index (χ3n) is 3.47. The topological polar surface area (TPSA) is 67.4 Å². The van der Waals surface area contributed by atoms with Gasteiger partial charge in [0.15, 0.2) is 0 Å². The van der Waals surface area contributed by atoms with Crippen LogP contribution < -0.4 is 15.4 Å². The van der Waals surface area contributed by atoms with E-state index in [-0.39, 0.29) is 11.8 Å². The number of carbonyl (C=O) groups is 2. The maximum Gasteiger partial charge on any atom is 0.251 e. The van der Waals surface area contributed by atoms with Crippen molar-refractivity contribution in [3.05, 3.63) is 65.7 Å². The van der Waals surface area contributed by atoms with Crippen molar-refractivity contribution < 1.29 is 14.3 Å². The van der Waals surface area contributed by atoms with Crippen molar-refractivity contribution in [2.24, 2.45) is 0 Å². The second-order valence-electron chi connectivity index (χ2n) is 5.07. The SMILES string of the molecule is O=C(NC1CNC1=O)c1ccc(OCc2ccccc2)cc1. The Morgan fingerprint density at radius 1 is 1.14 bits per heavy atom. The zero-order valence-electron chi connectivity index (χ0n) is 11.9. The van der Waals surface area contributed by atoms with Crippen molar-refractivity contribution in [3.63, 3.8) is 0 Å². The first-order valence-electron chi connectivity index (χ1n) is 7.08. The number of ether oxygens (including phenoxy) is 1. The van der Waals surface area contributed by atoms with Crippen LogP contribution in [-0.2, 0) is 11.4 Å². The van der Waals surface area contributed by atoms with E-state index in [1.54, 1.807) is 24.3 Å². The van der Waals surface area contributed by atoms with E-state index in [4.69, 9.17) is 4.74 Å². The molecular weight excluding hydrogens is 280 g/mol. The zero-order chi connectivity index (χ0) is 15.4. The van der Waals surface area contributed by atoms with E-state index in [2.05, 4.69) is 10.6 Å². The Morgan fingerprint density at radius 2 is 1.86 bits per heavy atom. The Kier molecular flexibility index (Phi) is 4.05. The van der Waals surface area contributed by atoms with Crippen LogP contribution in [0.5, 0.6) is 5.75 Å². The lowest BCUT2D eigenvalue weighted by Gasteiger charge is -2.26. The molecular formula is C17H16N2O3. The van der Waals surface area contributed by atoms with E-state index in [1.807, 2.05) is 30.3 Å². The van der Waals surface area contributed by atoms with E-state index in [1.165, 1.54) is 0 Å². The molecule has 112 valence electrons. The number of nitrogens with one attached hydrogen (secondary N) is 2. The maximum absolute atomic E-state index is 12.0. The van der Waals surface area contributed by atoms with Crippen LogP contribution in [0.25, 0.3) is 0 Å². The second kappa shape index (κ2) is 6.30. The molecule has 3 rings (SSSR count). The van der Waals surface area contributed by atoms with Gasteiger partial charge in [0.25, 0.3) is 5.91 Å². The van der Waals surface area contributed by atoms with Crippen molar-refractivity contribution in [3.8, 4) is 5.75 Å². The summed E-state index contributed by atoms with van der Waals surface area (Å²) in [6.07, 6.45) is 0. The van der Waals surface area contributed by atoms with Crippen LogP contribution >= 0.6 is 0 Å². The molecule has 2 amide bonds. The molecule has 22 heavy (non-hydrogen) atoms. The number of hydrogen-bond donors (Lipinski definition) is 2. The summed E-state index contributed by atoms with van der Waals surface area (Å²) in [6, 6.07) is 16.3. The van der Waals surface area contributed by atoms with Gasteiger partial charge in [-0.2, -0.15) is 0 Å². The Balaban J connectivity index is 1.55. The largest absolute Gasteiger partial charge is 0.489 e. The molecule has 1 fully saturated rings. The van der Waals surface area contributed by atoms with Crippen LogP contribution in [0.15, 0.2) is 54.6 Å². The lowest BCUT2D eigenvalue weighted by Crippen LogP contribution is -2.61. The molecule has 0 bridgehead atoms. The lowest BCUT2D eigenvalue weighted by atomic mass is 10.1. The van der Waals surface area contributed by atoms with Crippen LogP contribution in [0, 0.1) is 0 Å². The van der Waals surface area contributed by atoms with Gasteiger partial charge in [0.2, 0.25) is 5.91 Å². The second-order valence-corrected chi connectivity index (χ2v) is 5.07. The highest BCUT2D eigenvalue weighted by Gasteiger charge is 2.29. The minimum atomic E-state index is -0.415. The molecule has 2 N–H and O–H groups in total. The van der Waals surface area contributed by atoms with Gasteiger partial charge in [0, 0.05) is 12.1 Å². The van der Waals surface area contributed by atoms with Gasteiger partial charge in [-0.15, -0.1) is 0 Å². The molecule has 0 aromatic heterocycles. The molecule has 1 unspecified atom stereocenters. The third-order valence-corrected chi connectivity index (χ3v) is 3.47. The molecule has 2 aromatic carbocycles. The normalized spacial score (nSPS) is 16.4. The molecule has 1 heterocycles. The molecule has 1 aliphatic rings. The summed E-state index contributed by atoms with van der Waals surface area (Å²) in [5, 5.41) is 5.25. The van der Waals surface area contributed by atoms with Crippen LogP contribution in [-0.4, -0.2) is 24.4 Å². The summed E-state index contributed by atoms with van der Waals surface area (Å²) in [5.74, 6) is 0.299. The molecule has 5 heteroatoms. The Bertz CT molecular complexity index is 668. The molecule has 2 aromatic rings. The van der Waals surface area contributed by atoms with E-state index >= 15 is 0 Å². The number of rotatable bonds is 5. The molecule has 1 saturated heterocycles. The predicted molar refractivity (Wildman–Crippen MR) is 81.5 cm³/mol. The van der Waals surface area contributed by atoms with E-state index in [0.29, 0.717) is 24.5 Å². The smallest absolute Gasteiger partial charge is 0.251 e. The first-order chi connectivity index (χ1) is 10.7. The van der Waals surface area contributed by atoms with E-state index < -0.39 is 6.04 Å². The highest BCUT2D eigenvalue weighted by molar-refractivity contribution is 5.99. The van der Waals surface area contributed by atoms with Crippen LogP contribution in [0.4, 0.5) is 0 Å². The zero-order valence-corrected chi connectivity index (χ0v) is 11.9. The fourth-order valence-corrected chi connectivity index (χ4v) is 2.09. The summed E-state index contributed by atoms with van der Waals surface area (Å²) in [5.41, 5.74) is 1.59. The van der Waals surface area contributed by atoms with E-state index in [0.717, 1.165) is 5.56 Å². The molecule has 0 spiro atoms. The number of amides is 2. The fourth-order valence-electron chi connectivity index (χ4n) is 2.09. The molecule has 1 aliphatic heterocycles. The highest BCUT2D eigenvalue weighted by Crippen LogP contribution is 2.14. The fraction of sp³-hybridized carbons (Fsp3) is 0.176. The van der Waals surface area contributed by atoms with Crippen LogP contribution in [0.2, 0.25) is 0 Å². The standard InChI is InChI=1S/C17H16N2O3/c20-16(19-15-10-18-17(15)21)13-6-8-14(9-7-13)22-11-12-4-2-1-3-5-12/h1-9,15H,10-11H2,(H,18,21)(H,19,20). The van der Waals surface area contributed by atoms with Gasteiger partial charge in [-0.3, -0.25) is 9.59 Å². The lowest BCUT2D eigenvalue weighted by molar-refractivity contribution is -0.128. The van der Waals surface area contributed by atoms with Crippen molar-refractivity contribution in [1.29, 1.82) is 0 Å². The summed E-state index contributed by atoms with van der Waals surface area (Å²) in [4.78, 5) is 23.1. The minimum Gasteiger partial charge on any atom is -0.489 e. The van der Waals surface area contributed by atoms with Gasteiger partial charge < -0.3 is 15.4 Å². The Hall–Kier alpha value is -2.82. The van der Waals surface area contributed by atoms with Gasteiger partial charge >= 0.3 is 0 Å². The first-order valence-corrected chi connectivity index (χ1v) is 7.08. The Morgan fingerprint density at radius 3 is 2.45 bits per heavy atom. The van der Waals surface area contributed by atoms with Crippen molar-refractivity contribution >= 4 is 11.8 Å². The summed E-state index contributed by atoms with van der Waals surface area (Å²) >= 11 is 0. The van der Waals surface area contributed by atoms with Crippen LogP contribution in [0.1, 0.15) is 15.9 Å². The average Bonchev–Trinajstić information content (AvgIpc) is 2.57. The van der Waals surface area contributed by atoms with E-state index in [9.17, 15) is 9.59 Å². The monoisotopic (exact) mass is 296 g/mol. The average molecular weight is 296 g/mol. The van der Waals surface area contributed by atoms with Crippen molar-refractivity contribution in [2.45, 2.75) is 12.6 Å².